The van der Waals surface area contributed by atoms with Gasteiger partial charge in [0.05, 0.1) is 6.61 Å². The molecule has 0 aliphatic carbocycles. The van der Waals surface area contributed by atoms with Crippen LogP contribution in [0.1, 0.15) is 18.9 Å². The van der Waals surface area contributed by atoms with E-state index in [1.54, 1.807) is 25.1 Å². The topological polar surface area (TPSA) is 55.8 Å². The van der Waals surface area contributed by atoms with Crippen molar-refractivity contribution in [2.24, 2.45) is 0 Å². The number of aryl methyl sites for hydroxylation is 1. The van der Waals surface area contributed by atoms with E-state index in [0.717, 1.165) is 5.56 Å². The van der Waals surface area contributed by atoms with Crippen LogP contribution in [0.3, 0.4) is 0 Å². The van der Waals surface area contributed by atoms with E-state index in [9.17, 15) is 9.90 Å². The van der Waals surface area contributed by atoms with E-state index >= 15 is 0 Å². The summed E-state index contributed by atoms with van der Waals surface area (Å²) in [6.45, 7) is 2.13. The number of ether oxygens (including phenoxy) is 2. The van der Waals surface area contributed by atoms with E-state index < -0.39 is 6.10 Å². The molecule has 86 valence electrons. The van der Waals surface area contributed by atoms with Crippen molar-refractivity contribution in [2.75, 3.05) is 6.61 Å². The molecule has 1 aromatic carbocycles. The van der Waals surface area contributed by atoms with Crippen molar-refractivity contribution in [1.29, 1.82) is 0 Å². The summed E-state index contributed by atoms with van der Waals surface area (Å²) in [5, 5.41) is 9.30. The molecule has 1 N–H and O–H groups in total. The molecule has 1 aliphatic heterocycles. The van der Waals surface area contributed by atoms with Gasteiger partial charge in [0.1, 0.15) is 11.5 Å². The first-order chi connectivity index (χ1) is 7.70. The number of phenols is 1. The fourth-order valence-corrected chi connectivity index (χ4v) is 1.78. The second-order valence-electron chi connectivity index (χ2n) is 3.69. The first-order valence-corrected chi connectivity index (χ1v) is 5.36. The van der Waals surface area contributed by atoms with Crippen LogP contribution in [0.15, 0.2) is 18.2 Å². The van der Waals surface area contributed by atoms with Crippen LogP contribution < -0.4 is 4.74 Å². The van der Waals surface area contributed by atoms with E-state index in [1.165, 1.54) is 0 Å². The lowest BCUT2D eigenvalue weighted by molar-refractivity contribution is -0.152. The summed E-state index contributed by atoms with van der Waals surface area (Å²) in [4.78, 5) is 11.5. The molecule has 1 heterocycles. The minimum Gasteiger partial charge on any atom is -0.508 e. The zero-order valence-corrected chi connectivity index (χ0v) is 9.10. The van der Waals surface area contributed by atoms with Crippen molar-refractivity contribution in [3.63, 3.8) is 0 Å². The quantitative estimate of drug-likeness (QED) is 0.773. The van der Waals surface area contributed by atoms with Gasteiger partial charge in [0.25, 0.3) is 0 Å². The second-order valence-corrected chi connectivity index (χ2v) is 3.69. The predicted octanol–water partition coefficient (Wildman–Crippen LogP) is 1.65. The number of hydrogen-bond donors (Lipinski definition) is 1. The van der Waals surface area contributed by atoms with Gasteiger partial charge in [-0.2, -0.15) is 0 Å². The first-order valence-electron chi connectivity index (χ1n) is 5.36. The van der Waals surface area contributed by atoms with Gasteiger partial charge in [-0.25, -0.2) is 4.79 Å². The fraction of sp³-hybridized carbons (Fsp3) is 0.417. The molecule has 1 aromatic rings. The van der Waals surface area contributed by atoms with Crippen LogP contribution in [-0.2, 0) is 16.0 Å². The van der Waals surface area contributed by atoms with Crippen molar-refractivity contribution in [1.82, 2.24) is 0 Å². The van der Waals surface area contributed by atoms with Crippen molar-refractivity contribution >= 4 is 5.97 Å². The van der Waals surface area contributed by atoms with Crippen molar-refractivity contribution < 1.29 is 19.4 Å². The minimum atomic E-state index is -0.517. The van der Waals surface area contributed by atoms with Crippen LogP contribution in [-0.4, -0.2) is 23.8 Å². The van der Waals surface area contributed by atoms with E-state index in [1.807, 2.05) is 0 Å². The second kappa shape index (κ2) is 4.43. The van der Waals surface area contributed by atoms with Gasteiger partial charge >= 0.3 is 5.97 Å². The SMILES string of the molecule is CCOC(=O)C1CCc2cc(O)ccc2O1. The molecule has 0 radical (unpaired) electrons. The summed E-state index contributed by atoms with van der Waals surface area (Å²) < 4.78 is 10.4. The summed E-state index contributed by atoms with van der Waals surface area (Å²) in [5.41, 5.74) is 0.931. The third-order valence-electron chi connectivity index (χ3n) is 2.54. The van der Waals surface area contributed by atoms with Gasteiger partial charge in [-0.1, -0.05) is 0 Å². The summed E-state index contributed by atoms with van der Waals surface area (Å²) >= 11 is 0. The zero-order chi connectivity index (χ0) is 11.5. The number of rotatable bonds is 2. The first kappa shape index (κ1) is 10.8. The number of fused-ring (bicyclic) bond motifs is 1. The molecule has 1 aliphatic rings. The zero-order valence-electron chi connectivity index (χ0n) is 9.10. The van der Waals surface area contributed by atoms with Crippen LogP contribution >= 0.6 is 0 Å². The molecule has 0 aromatic heterocycles. The Morgan fingerprint density at radius 1 is 1.62 bits per heavy atom. The standard InChI is InChI=1S/C12H14O4/c1-2-15-12(14)11-5-3-8-7-9(13)4-6-10(8)16-11/h4,6-7,11,13H,2-3,5H2,1H3. The molecule has 2 rings (SSSR count). The molecule has 0 fully saturated rings. The van der Waals surface area contributed by atoms with E-state index in [2.05, 4.69) is 0 Å². The molecule has 0 bridgehead atoms. The smallest absolute Gasteiger partial charge is 0.347 e. The molecule has 4 nitrogen and oxygen atoms in total. The summed E-state index contributed by atoms with van der Waals surface area (Å²) in [6, 6.07) is 4.89. The highest BCUT2D eigenvalue weighted by molar-refractivity contribution is 5.75. The lowest BCUT2D eigenvalue weighted by Crippen LogP contribution is -2.32. The molecular weight excluding hydrogens is 208 g/mol. The van der Waals surface area contributed by atoms with Gasteiger partial charge in [-0.3, -0.25) is 0 Å². The molecular formula is C12H14O4. The third kappa shape index (κ3) is 2.10. The molecule has 16 heavy (non-hydrogen) atoms. The molecule has 1 unspecified atom stereocenters. The number of carbonyl (C=O) groups is 1. The molecule has 0 saturated carbocycles. The van der Waals surface area contributed by atoms with Crippen LogP contribution in [0.4, 0.5) is 0 Å². The largest absolute Gasteiger partial charge is 0.508 e. The van der Waals surface area contributed by atoms with Crippen molar-refractivity contribution in [2.45, 2.75) is 25.9 Å². The number of hydrogen-bond acceptors (Lipinski definition) is 4. The predicted molar refractivity (Wildman–Crippen MR) is 57.5 cm³/mol. The average molecular weight is 222 g/mol. The Morgan fingerprint density at radius 3 is 3.19 bits per heavy atom. The van der Waals surface area contributed by atoms with Gasteiger partial charge in [0.2, 0.25) is 0 Å². The Labute approximate surface area is 93.8 Å². The Morgan fingerprint density at radius 2 is 2.44 bits per heavy atom. The molecule has 0 saturated heterocycles. The van der Waals surface area contributed by atoms with Crippen LogP contribution in [0.2, 0.25) is 0 Å². The lowest BCUT2D eigenvalue weighted by atomic mass is 10.0. The summed E-state index contributed by atoms with van der Waals surface area (Å²) in [7, 11) is 0. The van der Waals surface area contributed by atoms with Gasteiger partial charge in [0.15, 0.2) is 6.10 Å². The maximum atomic E-state index is 11.5. The maximum Gasteiger partial charge on any atom is 0.347 e. The van der Waals surface area contributed by atoms with Gasteiger partial charge in [0, 0.05) is 0 Å². The number of aromatic hydroxyl groups is 1. The lowest BCUT2D eigenvalue weighted by Gasteiger charge is -2.24. The van der Waals surface area contributed by atoms with Crippen LogP contribution in [0, 0.1) is 0 Å². The van der Waals surface area contributed by atoms with E-state index in [0.29, 0.717) is 25.2 Å². The Balaban J connectivity index is 2.12. The number of esters is 1. The highest BCUT2D eigenvalue weighted by Crippen LogP contribution is 2.30. The van der Waals surface area contributed by atoms with Gasteiger partial charge in [-0.05, 0) is 43.5 Å². The van der Waals surface area contributed by atoms with E-state index in [4.69, 9.17) is 9.47 Å². The monoisotopic (exact) mass is 222 g/mol. The fourth-order valence-electron chi connectivity index (χ4n) is 1.78. The van der Waals surface area contributed by atoms with Crippen molar-refractivity contribution in [3.05, 3.63) is 23.8 Å². The van der Waals surface area contributed by atoms with Gasteiger partial charge in [-0.15, -0.1) is 0 Å². The molecule has 4 heteroatoms. The van der Waals surface area contributed by atoms with Crippen molar-refractivity contribution in [3.8, 4) is 11.5 Å². The van der Waals surface area contributed by atoms with E-state index in [-0.39, 0.29) is 11.7 Å². The van der Waals surface area contributed by atoms with Crippen LogP contribution in [0.5, 0.6) is 11.5 Å². The normalized spacial score (nSPS) is 18.4. The highest BCUT2D eigenvalue weighted by atomic mass is 16.6. The summed E-state index contributed by atoms with van der Waals surface area (Å²) in [5.74, 6) is 0.556. The average Bonchev–Trinajstić information content (AvgIpc) is 2.28. The summed E-state index contributed by atoms with van der Waals surface area (Å²) in [6.07, 6.45) is 0.791. The maximum absolute atomic E-state index is 11.5. The number of carbonyl (C=O) groups excluding carboxylic acids is 1. The minimum absolute atomic E-state index is 0.219. The molecule has 0 amide bonds. The molecule has 1 atom stereocenters. The Hall–Kier alpha value is -1.71. The Bertz CT molecular complexity index is 400. The highest BCUT2D eigenvalue weighted by Gasteiger charge is 2.27. The van der Waals surface area contributed by atoms with Crippen LogP contribution in [0.25, 0.3) is 0 Å². The third-order valence-corrected chi connectivity index (χ3v) is 2.54. The Kier molecular flexibility index (Phi) is 2.99. The molecule has 0 spiro atoms. The number of phenolic OH excluding ortho intramolecular Hbond substituents is 1. The van der Waals surface area contributed by atoms with Gasteiger partial charge < -0.3 is 14.6 Å². The number of benzene rings is 1.